The third-order valence-electron chi connectivity index (χ3n) is 3.69. The summed E-state index contributed by atoms with van der Waals surface area (Å²) in [5, 5.41) is 6.82. The highest BCUT2D eigenvalue weighted by molar-refractivity contribution is 7.09. The number of ether oxygens (including phenoxy) is 2. The van der Waals surface area contributed by atoms with E-state index in [-0.39, 0.29) is 11.5 Å². The molecule has 1 aromatic heterocycles. The summed E-state index contributed by atoms with van der Waals surface area (Å²) >= 11 is 1.72. The average Bonchev–Trinajstić information content (AvgIpc) is 3.01. The summed E-state index contributed by atoms with van der Waals surface area (Å²) in [6.07, 6.45) is 0. The first-order valence-electron chi connectivity index (χ1n) is 7.75. The maximum atomic E-state index is 5.48. The third kappa shape index (κ3) is 4.45. The highest BCUT2D eigenvalue weighted by atomic mass is 32.1. The van der Waals surface area contributed by atoms with Gasteiger partial charge in [-0.1, -0.05) is 26.8 Å². The van der Waals surface area contributed by atoms with Crippen LogP contribution in [-0.2, 0) is 12.0 Å². The smallest absolute Gasteiger partial charge is 0.127 e. The first-order valence-corrected chi connectivity index (χ1v) is 8.63. The fraction of sp³-hybridized carbons (Fsp3) is 0.500. The lowest BCUT2D eigenvalue weighted by atomic mass is 9.98. The van der Waals surface area contributed by atoms with E-state index in [0.717, 1.165) is 29.3 Å². The molecule has 0 saturated carbocycles. The minimum Gasteiger partial charge on any atom is -0.497 e. The van der Waals surface area contributed by atoms with E-state index in [4.69, 9.17) is 14.5 Å². The molecule has 5 heteroatoms. The van der Waals surface area contributed by atoms with Crippen LogP contribution in [-0.4, -0.2) is 19.2 Å². The zero-order chi connectivity index (χ0) is 17.0. The van der Waals surface area contributed by atoms with Crippen molar-refractivity contribution in [2.24, 2.45) is 0 Å². The topological polar surface area (TPSA) is 43.4 Å². The Bertz CT molecular complexity index is 647. The summed E-state index contributed by atoms with van der Waals surface area (Å²) in [4.78, 5) is 4.72. The zero-order valence-corrected chi connectivity index (χ0v) is 15.6. The lowest BCUT2D eigenvalue weighted by Gasteiger charge is -2.18. The highest BCUT2D eigenvalue weighted by Crippen LogP contribution is 2.30. The number of nitrogens with zero attached hydrogens (tertiary/aromatic N) is 1. The van der Waals surface area contributed by atoms with Crippen molar-refractivity contribution in [1.82, 2.24) is 10.3 Å². The van der Waals surface area contributed by atoms with E-state index in [1.54, 1.807) is 25.6 Å². The predicted octanol–water partition coefficient (Wildman–Crippen LogP) is 4.31. The molecule has 0 fully saturated rings. The van der Waals surface area contributed by atoms with E-state index in [1.807, 2.05) is 18.2 Å². The van der Waals surface area contributed by atoms with Gasteiger partial charge in [-0.05, 0) is 13.0 Å². The first-order chi connectivity index (χ1) is 10.8. The van der Waals surface area contributed by atoms with Crippen LogP contribution in [0.5, 0.6) is 11.5 Å². The number of thiazole rings is 1. The molecular formula is C18H26N2O2S. The van der Waals surface area contributed by atoms with Gasteiger partial charge in [-0.3, -0.25) is 0 Å². The Labute approximate surface area is 142 Å². The Balaban J connectivity index is 2.05. The fourth-order valence-corrected chi connectivity index (χ4v) is 3.18. The van der Waals surface area contributed by atoms with E-state index in [1.165, 1.54) is 5.01 Å². The van der Waals surface area contributed by atoms with Crippen molar-refractivity contribution in [3.8, 4) is 11.5 Å². The van der Waals surface area contributed by atoms with Crippen molar-refractivity contribution in [1.29, 1.82) is 0 Å². The second-order valence-electron chi connectivity index (χ2n) is 6.60. The molecule has 4 nitrogen and oxygen atoms in total. The molecule has 1 unspecified atom stereocenters. The molecule has 0 saturated heterocycles. The van der Waals surface area contributed by atoms with E-state index in [0.29, 0.717) is 0 Å². The minimum atomic E-state index is 0.105. The molecule has 0 aliphatic carbocycles. The molecule has 2 aromatic rings. The predicted molar refractivity (Wildman–Crippen MR) is 95.6 cm³/mol. The monoisotopic (exact) mass is 334 g/mol. The number of methoxy groups -OCH3 is 2. The number of aromatic nitrogens is 1. The van der Waals surface area contributed by atoms with Gasteiger partial charge in [0.2, 0.25) is 0 Å². The lowest BCUT2D eigenvalue weighted by molar-refractivity contribution is 0.385. The average molecular weight is 334 g/mol. The number of benzene rings is 1. The van der Waals surface area contributed by atoms with Gasteiger partial charge in [-0.15, -0.1) is 11.3 Å². The molecule has 126 valence electrons. The number of hydrogen-bond acceptors (Lipinski definition) is 5. The van der Waals surface area contributed by atoms with Crippen LogP contribution in [0, 0.1) is 0 Å². The van der Waals surface area contributed by atoms with Crippen molar-refractivity contribution in [3.63, 3.8) is 0 Å². The second kappa shape index (κ2) is 7.32. The van der Waals surface area contributed by atoms with E-state index in [2.05, 4.69) is 38.4 Å². The molecule has 0 aliphatic rings. The fourth-order valence-electron chi connectivity index (χ4n) is 2.28. The SMILES string of the molecule is COc1ccc(C(C)NCc2csc(C(C)(C)C)n2)c(OC)c1. The van der Waals surface area contributed by atoms with Gasteiger partial charge < -0.3 is 14.8 Å². The van der Waals surface area contributed by atoms with Crippen LogP contribution in [0.15, 0.2) is 23.6 Å². The molecule has 1 atom stereocenters. The molecule has 0 aliphatic heterocycles. The van der Waals surface area contributed by atoms with Gasteiger partial charge in [0.1, 0.15) is 11.5 Å². The molecule has 1 heterocycles. The minimum absolute atomic E-state index is 0.105. The molecule has 1 aromatic carbocycles. The Morgan fingerprint density at radius 3 is 2.52 bits per heavy atom. The molecule has 23 heavy (non-hydrogen) atoms. The lowest BCUT2D eigenvalue weighted by Crippen LogP contribution is -2.19. The van der Waals surface area contributed by atoms with E-state index in [9.17, 15) is 0 Å². The van der Waals surface area contributed by atoms with Crippen LogP contribution < -0.4 is 14.8 Å². The van der Waals surface area contributed by atoms with Gasteiger partial charge in [0.05, 0.1) is 24.9 Å². The molecule has 0 spiro atoms. The summed E-state index contributed by atoms with van der Waals surface area (Å²) in [6.45, 7) is 9.43. The summed E-state index contributed by atoms with van der Waals surface area (Å²) < 4.78 is 10.7. The van der Waals surface area contributed by atoms with Crippen LogP contribution in [0.2, 0.25) is 0 Å². The maximum absolute atomic E-state index is 5.48. The van der Waals surface area contributed by atoms with Gasteiger partial charge in [0, 0.05) is 35.0 Å². The Morgan fingerprint density at radius 1 is 1.22 bits per heavy atom. The largest absolute Gasteiger partial charge is 0.497 e. The van der Waals surface area contributed by atoms with Crippen molar-refractivity contribution in [3.05, 3.63) is 39.8 Å². The molecular weight excluding hydrogens is 308 g/mol. The molecule has 2 rings (SSSR count). The molecule has 0 amide bonds. The summed E-state index contributed by atoms with van der Waals surface area (Å²) in [5.74, 6) is 1.63. The molecule has 0 bridgehead atoms. The standard InChI is InChI=1S/C18H26N2O2S/c1-12(15-8-7-14(21-5)9-16(15)22-6)19-10-13-11-23-17(20-13)18(2,3)4/h7-9,11-12,19H,10H2,1-6H3. The van der Waals surface area contributed by atoms with E-state index < -0.39 is 0 Å². The summed E-state index contributed by atoms with van der Waals surface area (Å²) in [7, 11) is 3.34. The molecule has 0 radical (unpaired) electrons. The first kappa shape index (κ1) is 17.8. The normalized spacial score (nSPS) is 13.0. The Morgan fingerprint density at radius 2 is 1.96 bits per heavy atom. The Kier molecular flexibility index (Phi) is 5.65. The zero-order valence-electron chi connectivity index (χ0n) is 14.8. The highest BCUT2D eigenvalue weighted by Gasteiger charge is 2.18. The van der Waals surface area contributed by atoms with Gasteiger partial charge >= 0.3 is 0 Å². The van der Waals surface area contributed by atoms with Gasteiger partial charge in [0.25, 0.3) is 0 Å². The number of hydrogen-bond donors (Lipinski definition) is 1. The van der Waals surface area contributed by atoms with Crippen molar-refractivity contribution in [2.45, 2.75) is 45.7 Å². The van der Waals surface area contributed by atoms with Crippen LogP contribution in [0.1, 0.15) is 50.0 Å². The van der Waals surface area contributed by atoms with Gasteiger partial charge in [0.15, 0.2) is 0 Å². The van der Waals surface area contributed by atoms with Crippen LogP contribution in [0.4, 0.5) is 0 Å². The Hall–Kier alpha value is -1.59. The van der Waals surface area contributed by atoms with E-state index >= 15 is 0 Å². The van der Waals surface area contributed by atoms with Crippen molar-refractivity contribution in [2.75, 3.05) is 14.2 Å². The number of rotatable bonds is 6. The third-order valence-corrected chi connectivity index (χ3v) is 5.01. The summed E-state index contributed by atoms with van der Waals surface area (Å²) in [5.41, 5.74) is 2.30. The van der Waals surface area contributed by atoms with Gasteiger partial charge in [-0.2, -0.15) is 0 Å². The van der Waals surface area contributed by atoms with Crippen LogP contribution >= 0.6 is 11.3 Å². The second-order valence-corrected chi connectivity index (χ2v) is 7.46. The van der Waals surface area contributed by atoms with Crippen molar-refractivity contribution < 1.29 is 9.47 Å². The van der Waals surface area contributed by atoms with Gasteiger partial charge in [-0.25, -0.2) is 4.98 Å². The quantitative estimate of drug-likeness (QED) is 0.855. The maximum Gasteiger partial charge on any atom is 0.127 e. The summed E-state index contributed by atoms with van der Waals surface area (Å²) in [6, 6.07) is 6.07. The van der Waals surface area contributed by atoms with Crippen LogP contribution in [0.3, 0.4) is 0 Å². The molecule has 1 N–H and O–H groups in total. The number of nitrogens with one attached hydrogen (secondary N) is 1. The van der Waals surface area contributed by atoms with Crippen molar-refractivity contribution >= 4 is 11.3 Å². The van der Waals surface area contributed by atoms with Crippen LogP contribution in [0.25, 0.3) is 0 Å².